The molecule has 1 aromatic heterocycles. The predicted octanol–water partition coefficient (Wildman–Crippen LogP) is 2.34. The van der Waals surface area contributed by atoms with Crippen LogP contribution in [0, 0.1) is 13.8 Å². The molecule has 1 nitrogen and oxygen atoms in total. The highest BCUT2D eigenvalue weighted by molar-refractivity contribution is 5.51. The topological polar surface area (TPSA) is 12.9 Å². The summed E-state index contributed by atoms with van der Waals surface area (Å²) in [6, 6.07) is 1.97. The molecule has 10 heavy (non-hydrogen) atoms. The monoisotopic (exact) mass is 133 g/mol. The smallest absolute Gasteiger partial charge is 0.0407 e. The standard InChI is InChI=1S/C9H11N/c1-4-9-5-6-10-8(3)7(9)2/h4-6H,1H2,2-3H3. The molecule has 0 unspecified atom stereocenters. The third-order valence-corrected chi connectivity index (χ3v) is 1.72. The molecular formula is C9H11N. The van der Waals surface area contributed by atoms with Gasteiger partial charge in [-0.25, -0.2) is 0 Å². The van der Waals surface area contributed by atoms with Gasteiger partial charge in [0.25, 0.3) is 0 Å². The lowest BCUT2D eigenvalue weighted by atomic mass is 10.1. The molecule has 0 fully saturated rings. The highest BCUT2D eigenvalue weighted by Crippen LogP contribution is 2.10. The molecule has 0 saturated heterocycles. The first kappa shape index (κ1) is 7.00. The van der Waals surface area contributed by atoms with Crippen molar-refractivity contribution >= 4 is 6.08 Å². The Bertz CT molecular complexity index is 251. The van der Waals surface area contributed by atoms with Gasteiger partial charge in [-0.2, -0.15) is 0 Å². The molecule has 1 aromatic rings. The highest BCUT2D eigenvalue weighted by Gasteiger charge is 1.95. The number of hydrogen-bond acceptors (Lipinski definition) is 1. The third-order valence-electron chi connectivity index (χ3n) is 1.72. The van der Waals surface area contributed by atoms with Crippen molar-refractivity contribution in [3.05, 3.63) is 35.7 Å². The van der Waals surface area contributed by atoms with Crippen molar-refractivity contribution < 1.29 is 0 Å². The van der Waals surface area contributed by atoms with E-state index in [4.69, 9.17) is 0 Å². The molecule has 0 aliphatic heterocycles. The van der Waals surface area contributed by atoms with Crippen LogP contribution in [0.2, 0.25) is 0 Å². The van der Waals surface area contributed by atoms with E-state index in [1.807, 2.05) is 19.1 Å². The van der Waals surface area contributed by atoms with E-state index in [-0.39, 0.29) is 0 Å². The molecule has 0 N–H and O–H groups in total. The number of aromatic nitrogens is 1. The van der Waals surface area contributed by atoms with E-state index in [0.717, 1.165) is 5.69 Å². The lowest BCUT2D eigenvalue weighted by molar-refractivity contribution is 1.14. The van der Waals surface area contributed by atoms with Crippen molar-refractivity contribution in [3.63, 3.8) is 0 Å². The van der Waals surface area contributed by atoms with Crippen LogP contribution in [0.3, 0.4) is 0 Å². The number of aryl methyl sites for hydroxylation is 1. The van der Waals surface area contributed by atoms with Gasteiger partial charge in [-0.1, -0.05) is 12.7 Å². The van der Waals surface area contributed by atoms with Crippen LogP contribution in [0.15, 0.2) is 18.8 Å². The van der Waals surface area contributed by atoms with E-state index in [2.05, 4.69) is 18.5 Å². The van der Waals surface area contributed by atoms with Crippen LogP contribution in [0.25, 0.3) is 6.08 Å². The Morgan fingerprint density at radius 2 is 2.20 bits per heavy atom. The zero-order valence-corrected chi connectivity index (χ0v) is 6.39. The van der Waals surface area contributed by atoms with Gasteiger partial charge in [0, 0.05) is 11.9 Å². The average Bonchev–Trinajstić information content (AvgIpc) is 1.95. The lowest BCUT2D eigenvalue weighted by Crippen LogP contribution is -1.88. The number of nitrogens with zero attached hydrogens (tertiary/aromatic N) is 1. The average molecular weight is 133 g/mol. The van der Waals surface area contributed by atoms with Crippen LogP contribution < -0.4 is 0 Å². The number of rotatable bonds is 1. The van der Waals surface area contributed by atoms with Gasteiger partial charge in [-0.05, 0) is 31.0 Å². The molecular weight excluding hydrogens is 122 g/mol. The zero-order chi connectivity index (χ0) is 7.56. The molecule has 0 bridgehead atoms. The van der Waals surface area contributed by atoms with Gasteiger partial charge in [0.15, 0.2) is 0 Å². The molecule has 0 saturated carbocycles. The Kier molecular flexibility index (Phi) is 1.86. The van der Waals surface area contributed by atoms with Crippen LogP contribution in [0.5, 0.6) is 0 Å². The summed E-state index contributed by atoms with van der Waals surface area (Å²) in [6.07, 6.45) is 3.66. The Morgan fingerprint density at radius 1 is 1.50 bits per heavy atom. The first-order valence-electron chi connectivity index (χ1n) is 3.30. The molecule has 0 aliphatic rings. The summed E-state index contributed by atoms with van der Waals surface area (Å²) < 4.78 is 0. The van der Waals surface area contributed by atoms with Crippen LogP contribution in [0.1, 0.15) is 16.8 Å². The molecule has 1 rings (SSSR count). The number of hydrogen-bond donors (Lipinski definition) is 0. The van der Waals surface area contributed by atoms with E-state index in [0.29, 0.717) is 0 Å². The van der Waals surface area contributed by atoms with Crippen molar-refractivity contribution in [2.45, 2.75) is 13.8 Å². The first-order valence-corrected chi connectivity index (χ1v) is 3.30. The third kappa shape index (κ3) is 1.08. The Hall–Kier alpha value is -1.11. The van der Waals surface area contributed by atoms with Crippen molar-refractivity contribution in [3.8, 4) is 0 Å². The van der Waals surface area contributed by atoms with Crippen molar-refractivity contribution in [2.24, 2.45) is 0 Å². The van der Waals surface area contributed by atoms with E-state index in [1.54, 1.807) is 6.20 Å². The fourth-order valence-corrected chi connectivity index (χ4v) is 0.881. The van der Waals surface area contributed by atoms with Crippen molar-refractivity contribution in [1.29, 1.82) is 0 Å². The second-order valence-corrected chi connectivity index (χ2v) is 2.31. The largest absolute Gasteiger partial charge is 0.261 e. The maximum atomic E-state index is 4.14. The summed E-state index contributed by atoms with van der Waals surface area (Å²) in [5.74, 6) is 0. The van der Waals surface area contributed by atoms with Crippen LogP contribution in [0.4, 0.5) is 0 Å². The van der Waals surface area contributed by atoms with Gasteiger partial charge >= 0.3 is 0 Å². The second-order valence-electron chi connectivity index (χ2n) is 2.31. The fourth-order valence-electron chi connectivity index (χ4n) is 0.881. The minimum absolute atomic E-state index is 1.08. The minimum Gasteiger partial charge on any atom is -0.261 e. The summed E-state index contributed by atoms with van der Waals surface area (Å²) in [5.41, 5.74) is 3.47. The van der Waals surface area contributed by atoms with Gasteiger partial charge in [-0.15, -0.1) is 0 Å². The van der Waals surface area contributed by atoms with Gasteiger partial charge in [-0.3, -0.25) is 4.98 Å². The zero-order valence-electron chi connectivity index (χ0n) is 6.39. The molecule has 52 valence electrons. The highest BCUT2D eigenvalue weighted by atomic mass is 14.7. The fraction of sp³-hybridized carbons (Fsp3) is 0.222. The van der Waals surface area contributed by atoms with E-state index >= 15 is 0 Å². The molecule has 0 amide bonds. The van der Waals surface area contributed by atoms with Crippen LogP contribution in [-0.4, -0.2) is 4.98 Å². The maximum absolute atomic E-state index is 4.14. The summed E-state index contributed by atoms with van der Waals surface area (Å²) in [5, 5.41) is 0. The van der Waals surface area contributed by atoms with Gasteiger partial charge in [0.2, 0.25) is 0 Å². The second kappa shape index (κ2) is 2.65. The van der Waals surface area contributed by atoms with Gasteiger partial charge in [0.1, 0.15) is 0 Å². The summed E-state index contributed by atoms with van der Waals surface area (Å²) in [6.45, 7) is 7.76. The summed E-state index contributed by atoms with van der Waals surface area (Å²) in [4.78, 5) is 4.14. The maximum Gasteiger partial charge on any atom is 0.0407 e. The molecule has 0 atom stereocenters. The molecule has 0 radical (unpaired) electrons. The van der Waals surface area contributed by atoms with Gasteiger partial charge in [0.05, 0.1) is 0 Å². The molecule has 0 aliphatic carbocycles. The van der Waals surface area contributed by atoms with E-state index < -0.39 is 0 Å². The molecule has 1 heteroatoms. The molecule has 0 spiro atoms. The van der Waals surface area contributed by atoms with E-state index in [9.17, 15) is 0 Å². The lowest BCUT2D eigenvalue weighted by Gasteiger charge is -2.00. The predicted molar refractivity (Wildman–Crippen MR) is 43.8 cm³/mol. The summed E-state index contributed by atoms with van der Waals surface area (Å²) >= 11 is 0. The van der Waals surface area contributed by atoms with Crippen LogP contribution >= 0.6 is 0 Å². The molecule has 0 aromatic carbocycles. The Morgan fingerprint density at radius 3 is 2.70 bits per heavy atom. The van der Waals surface area contributed by atoms with Crippen molar-refractivity contribution in [2.75, 3.05) is 0 Å². The Balaban J connectivity index is 3.27. The van der Waals surface area contributed by atoms with Crippen LogP contribution in [-0.2, 0) is 0 Å². The minimum atomic E-state index is 1.08. The van der Waals surface area contributed by atoms with E-state index in [1.165, 1.54) is 11.1 Å². The summed E-state index contributed by atoms with van der Waals surface area (Å²) in [7, 11) is 0. The Labute approximate surface area is 61.4 Å². The normalized spacial score (nSPS) is 9.40. The van der Waals surface area contributed by atoms with Crippen molar-refractivity contribution in [1.82, 2.24) is 4.98 Å². The SMILES string of the molecule is C=Cc1ccnc(C)c1C. The molecule has 1 heterocycles. The quantitative estimate of drug-likeness (QED) is 0.573. The first-order chi connectivity index (χ1) is 4.75. The number of pyridine rings is 1. The van der Waals surface area contributed by atoms with Gasteiger partial charge < -0.3 is 0 Å².